The Morgan fingerprint density at radius 1 is 1.00 bits per heavy atom. The summed E-state index contributed by atoms with van der Waals surface area (Å²) < 4.78 is 0. The van der Waals surface area contributed by atoms with Gasteiger partial charge in [-0.3, -0.25) is 14.9 Å². The van der Waals surface area contributed by atoms with E-state index in [1.54, 1.807) is 12.1 Å². The number of carbonyl (C=O) groups is 1. The van der Waals surface area contributed by atoms with Crippen LogP contribution in [-0.4, -0.2) is 37.0 Å². The maximum absolute atomic E-state index is 13.2. The molecule has 2 aliphatic rings. The third-order valence-corrected chi connectivity index (χ3v) is 6.76. The van der Waals surface area contributed by atoms with Gasteiger partial charge in [-0.1, -0.05) is 18.5 Å². The van der Waals surface area contributed by atoms with Gasteiger partial charge >= 0.3 is 0 Å². The molecule has 170 valence electrons. The molecule has 7 nitrogen and oxygen atoms in total. The normalized spacial score (nSPS) is 17.3. The first-order valence-electron chi connectivity index (χ1n) is 11.3. The number of hydrogen-bond donors (Lipinski definition) is 1. The fourth-order valence-electron chi connectivity index (χ4n) is 4.52. The number of nitrogens with zero attached hydrogens (tertiary/aromatic N) is 3. The van der Waals surface area contributed by atoms with Gasteiger partial charge in [-0.25, -0.2) is 0 Å². The van der Waals surface area contributed by atoms with Crippen LogP contribution in [0.15, 0.2) is 36.4 Å². The molecule has 0 spiro atoms. The molecule has 0 aliphatic carbocycles. The average molecular weight is 457 g/mol. The fourth-order valence-corrected chi connectivity index (χ4v) is 4.82. The summed E-state index contributed by atoms with van der Waals surface area (Å²) in [7, 11) is 0. The van der Waals surface area contributed by atoms with Gasteiger partial charge in [0.05, 0.1) is 26.9 Å². The van der Waals surface area contributed by atoms with Crippen molar-refractivity contribution in [2.24, 2.45) is 5.92 Å². The van der Waals surface area contributed by atoms with Gasteiger partial charge in [-0.15, -0.1) is 0 Å². The molecule has 0 radical (unpaired) electrons. The summed E-state index contributed by atoms with van der Waals surface area (Å²) in [5.74, 6) is 0.270. The third kappa shape index (κ3) is 4.99. The Kier molecular flexibility index (Phi) is 6.84. The summed E-state index contributed by atoms with van der Waals surface area (Å²) in [5.41, 5.74) is 2.50. The summed E-state index contributed by atoms with van der Waals surface area (Å²) in [5, 5.41) is 14.8. The van der Waals surface area contributed by atoms with E-state index in [9.17, 15) is 14.9 Å². The van der Waals surface area contributed by atoms with E-state index in [0.717, 1.165) is 63.2 Å². The van der Waals surface area contributed by atoms with E-state index < -0.39 is 4.92 Å². The Morgan fingerprint density at radius 3 is 2.31 bits per heavy atom. The molecule has 0 bridgehead atoms. The lowest BCUT2D eigenvalue weighted by atomic mass is 9.98. The molecule has 4 rings (SSSR count). The first kappa shape index (κ1) is 22.4. The van der Waals surface area contributed by atoms with Crippen LogP contribution in [0.25, 0.3) is 0 Å². The monoisotopic (exact) mass is 456 g/mol. The van der Waals surface area contributed by atoms with Crippen molar-refractivity contribution in [1.29, 1.82) is 0 Å². The lowest BCUT2D eigenvalue weighted by Crippen LogP contribution is -2.34. The second-order valence-electron chi connectivity index (χ2n) is 8.80. The molecule has 2 heterocycles. The third-order valence-electron chi connectivity index (χ3n) is 6.46. The van der Waals surface area contributed by atoms with Crippen molar-refractivity contribution in [3.8, 4) is 0 Å². The van der Waals surface area contributed by atoms with E-state index in [2.05, 4.69) is 22.0 Å². The van der Waals surface area contributed by atoms with Crippen LogP contribution in [-0.2, 0) is 0 Å². The number of anilines is 3. The lowest BCUT2D eigenvalue weighted by molar-refractivity contribution is -0.384. The second kappa shape index (κ2) is 9.77. The van der Waals surface area contributed by atoms with E-state index in [-0.39, 0.29) is 11.6 Å². The maximum atomic E-state index is 13.2. The van der Waals surface area contributed by atoms with Crippen molar-refractivity contribution in [3.05, 3.63) is 57.1 Å². The molecule has 0 aromatic heterocycles. The predicted molar refractivity (Wildman–Crippen MR) is 129 cm³/mol. The largest absolute Gasteiger partial charge is 0.371 e. The van der Waals surface area contributed by atoms with E-state index in [4.69, 9.17) is 11.6 Å². The number of halogens is 1. The molecule has 2 aliphatic heterocycles. The van der Waals surface area contributed by atoms with Crippen LogP contribution >= 0.6 is 11.6 Å². The minimum absolute atomic E-state index is 0.0947. The Morgan fingerprint density at radius 2 is 1.66 bits per heavy atom. The van der Waals surface area contributed by atoms with Crippen LogP contribution in [0.5, 0.6) is 0 Å². The van der Waals surface area contributed by atoms with Crippen LogP contribution in [0.1, 0.15) is 49.4 Å². The number of hydrogen-bond acceptors (Lipinski definition) is 5. The molecule has 0 unspecified atom stereocenters. The average Bonchev–Trinajstić information content (AvgIpc) is 2.80. The first-order chi connectivity index (χ1) is 15.4. The Labute approximate surface area is 193 Å². The van der Waals surface area contributed by atoms with E-state index in [1.165, 1.54) is 18.6 Å². The van der Waals surface area contributed by atoms with Gasteiger partial charge in [0.15, 0.2) is 0 Å². The first-order valence-corrected chi connectivity index (χ1v) is 11.7. The molecule has 2 fully saturated rings. The number of nitro benzene ring substituents is 1. The Balaban J connectivity index is 1.57. The smallest absolute Gasteiger partial charge is 0.270 e. The molecule has 0 atom stereocenters. The molecule has 2 aromatic carbocycles. The minimum atomic E-state index is -0.469. The molecule has 2 aromatic rings. The summed E-state index contributed by atoms with van der Waals surface area (Å²) in [6.07, 6.45) is 5.61. The molecule has 1 amide bonds. The molecule has 32 heavy (non-hydrogen) atoms. The van der Waals surface area contributed by atoms with Crippen molar-refractivity contribution in [2.45, 2.75) is 39.0 Å². The maximum Gasteiger partial charge on any atom is 0.270 e. The van der Waals surface area contributed by atoms with Crippen molar-refractivity contribution in [1.82, 2.24) is 0 Å². The van der Waals surface area contributed by atoms with E-state index >= 15 is 0 Å². The number of carbonyl (C=O) groups excluding carboxylic acids is 1. The zero-order valence-corrected chi connectivity index (χ0v) is 19.1. The Hall–Kier alpha value is -2.80. The van der Waals surface area contributed by atoms with Gasteiger partial charge in [0.25, 0.3) is 11.6 Å². The molecule has 8 heteroatoms. The number of non-ortho nitro benzene ring substituents is 1. The summed E-state index contributed by atoms with van der Waals surface area (Å²) >= 11 is 6.54. The van der Waals surface area contributed by atoms with Crippen LogP contribution in [0, 0.1) is 16.0 Å². The minimum Gasteiger partial charge on any atom is -0.371 e. The van der Waals surface area contributed by atoms with E-state index in [0.29, 0.717) is 22.2 Å². The van der Waals surface area contributed by atoms with Crippen molar-refractivity contribution < 1.29 is 9.72 Å². The SMILES string of the molecule is CC1CCN(c2ccc([N+](=O)[O-])cc2C(=O)Nc2ccc(N3CCCCC3)c(Cl)c2)CC1. The number of rotatable bonds is 5. The van der Waals surface area contributed by atoms with Gasteiger partial charge in [0.1, 0.15) is 0 Å². The molecule has 1 N–H and O–H groups in total. The Bertz CT molecular complexity index is 999. The fraction of sp³-hybridized carbons (Fsp3) is 0.458. The van der Waals surface area contributed by atoms with Crippen LogP contribution in [0.2, 0.25) is 5.02 Å². The van der Waals surface area contributed by atoms with Gasteiger partial charge < -0.3 is 15.1 Å². The zero-order valence-electron chi connectivity index (χ0n) is 18.3. The number of nitro groups is 1. The molecule has 2 saturated heterocycles. The van der Waals surface area contributed by atoms with Gasteiger partial charge in [-0.05, 0) is 62.3 Å². The predicted octanol–water partition coefficient (Wildman–Crippen LogP) is 5.73. The highest BCUT2D eigenvalue weighted by atomic mass is 35.5. The summed E-state index contributed by atoms with van der Waals surface area (Å²) in [6, 6.07) is 10.1. The van der Waals surface area contributed by atoms with Crippen LogP contribution in [0.3, 0.4) is 0 Å². The second-order valence-corrected chi connectivity index (χ2v) is 9.20. The van der Waals surface area contributed by atoms with E-state index in [1.807, 2.05) is 12.1 Å². The quantitative estimate of drug-likeness (QED) is 0.459. The lowest BCUT2D eigenvalue weighted by Gasteiger charge is -2.33. The van der Waals surface area contributed by atoms with Gasteiger partial charge in [-0.2, -0.15) is 0 Å². The number of amides is 1. The highest BCUT2D eigenvalue weighted by molar-refractivity contribution is 6.33. The van der Waals surface area contributed by atoms with Crippen LogP contribution < -0.4 is 15.1 Å². The van der Waals surface area contributed by atoms with Crippen molar-refractivity contribution >= 4 is 40.3 Å². The molecule has 0 saturated carbocycles. The zero-order chi connectivity index (χ0) is 22.7. The van der Waals surface area contributed by atoms with Gasteiger partial charge in [0.2, 0.25) is 0 Å². The molecular weight excluding hydrogens is 428 g/mol. The van der Waals surface area contributed by atoms with Crippen molar-refractivity contribution in [2.75, 3.05) is 41.3 Å². The van der Waals surface area contributed by atoms with Crippen molar-refractivity contribution in [3.63, 3.8) is 0 Å². The number of piperidine rings is 2. The highest BCUT2D eigenvalue weighted by Gasteiger charge is 2.24. The molecular formula is C24H29ClN4O3. The number of benzene rings is 2. The topological polar surface area (TPSA) is 78.7 Å². The summed E-state index contributed by atoms with van der Waals surface area (Å²) in [4.78, 5) is 28.5. The standard InChI is InChI=1S/C24H29ClN4O3/c1-17-9-13-28(14-10-17)22-8-6-19(29(31)32)16-20(22)24(30)26-18-5-7-23(21(25)15-18)27-11-3-2-4-12-27/h5-8,15-17H,2-4,9-14H2,1H3,(H,26,30). The van der Waals surface area contributed by atoms with Gasteiger partial charge in [0, 0.05) is 44.0 Å². The highest BCUT2D eigenvalue weighted by Crippen LogP contribution is 2.33. The number of nitrogens with one attached hydrogen (secondary N) is 1. The van der Waals surface area contributed by atoms with Crippen LogP contribution in [0.4, 0.5) is 22.7 Å². The summed E-state index contributed by atoms with van der Waals surface area (Å²) in [6.45, 7) is 5.84.